The number of methoxy groups -OCH3 is 1. The molecule has 0 spiro atoms. The van der Waals surface area contributed by atoms with E-state index in [4.69, 9.17) is 4.74 Å². The van der Waals surface area contributed by atoms with Crippen LogP contribution in [0.25, 0.3) is 0 Å². The molecule has 142 valence electrons. The van der Waals surface area contributed by atoms with Crippen LogP contribution in [0.1, 0.15) is 59.2 Å². The lowest BCUT2D eigenvalue weighted by Gasteiger charge is -2.18. The van der Waals surface area contributed by atoms with Crippen LogP contribution in [-0.4, -0.2) is 25.0 Å². The van der Waals surface area contributed by atoms with E-state index in [2.05, 4.69) is 10.6 Å². The van der Waals surface area contributed by atoms with Crippen molar-refractivity contribution in [1.29, 1.82) is 0 Å². The molecule has 2 N–H and O–H groups in total. The van der Waals surface area contributed by atoms with E-state index < -0.39 is 0 Å². The number of amides is 2. The van der Waals surface area contributed by atoms with Crippen molar-refractivity contribution in [2.45, 2.75) is 44.6 Å². The molecule has 5 heteroatoms. The number of ether oxygens (including phenoxy) is 1. The maximum absolute atomic E-state index is 12.8. The van der Waals surface area contributed by atoms with Gasteiger partial charge in [-0.2, -0.15) is 0 Å². The van der Waals surface area contributed by atoms with E-state index in [9.17, 15) is 9.59 Å². The number of para-hydroxylation sites is 1. The zero-order valence-corrected chi connectivity index (χ0v) is 15.7. The van der Waals surface area contributed by atoms with Gasteiger partial charge in [-0.05, 0) is 49.2 Å². The molecule has 0 heterocycles. The first-order chi connectivity index (χ1) is 13.2. The van der Waals surface area contributed by atoms with Gasteiger partial charge in [0.1, 0.15) is 5.75 Å². The van der Waals surface area contributed by atoms with Gasteiger partial charge in [0.25, 0.3) is 11.8 Å². The first kappa shape index (κ1) is 19.0. The Hall–Kier alpha value is -2.82. The third kappa shape index (κ3) is 5.09. The topological polar surface area (TPSA) is 67.4 Å². The summed E-state index contributed by atoms with van der Waals surface area (Å²) in [5, 5.41) is 5.99. The van der Waals surface area contributed by atoms with Crippen LogP contribution in [-0.2, 0) is 0 Å². The van der Waals surface area contributed by atoms with Gasteiger partial charge >= 0.3 is 0 Å². The molecule has 0 aromatic heterocycles. The average molecular weight is 366 g/mol. The van der Waals surface area contributed by atoms with Gasteiger partial charge in [-0.25, -0.2) is 0 Å². The normalized spacial score (nSPS) is 14.9. The highest BCUT2D eigenvalue weighted by Crippen LogP contribution is 2.20. The summed E-state index contributed by atoms with van der Waals surface area (Å²) in [4.78, 5) is 25.3. The Kier molecular flexibility index (Phi) is 6.47. The average Bonchev–Trinajstić information content (AvgIpc) is 2.97. The summed E-state index contributed by atoms with van der Waals surface area (Å²) in [6.45, 7) is 0. The quantitative estimate of drug-likeness (QED) is 0.771. The van der Waals surface area contributed by atoms with Crippen molar-refractivity contribution < 1.29 is 14.3 Å². The number of carbonyl (C=O) groups is 2. The molecule has 0 atom stereocenters. The van der Waals surface area contributed by atoms with E-state index in [1.165, 1.54) is 12.8 Å². The summed E-state index contributed by atoms with van der Waals surface area (Å²) < 4.78 is 5.11. The highest BCUT2D eigenvalue weighted by molar-refractivity contribution is 6.09. The summed E-state index contributed by atoms with van der Waals surface area (Å²) in [7, 11) is 1.58. The summed E-state index contributed by atoms with van der Waals surface area (Å²) in [6, 6.07) is 14.2. The Labute approximate surface area is 160 Å². The molecule has 27 heavy (non-hydrogen) atoms. The molecule has 5 nitrogen and oxygen atoms in total. The summed E-state index contributed by atoms with van der Waals surface area (Å²) >= 11 is 0. The van der Waals surface area contributed by atoms with E-state index in [1.807, 2.05) is 12.1 Å². The number of hydrogen-bond acceptors (Lipinski definition) is 3. The van der Waals surface area contributed by atoms with Crippen molar-refractivity contribution in [3.8, 4) is 5.75 Å². The molecule has 1 aliphatic rings. The van der Waals surface area contributed by atoms with Crippen LogP contribution in [0.5, 0.6) is 5.75 Å². The second kappa shape index (κ2) is 9.21. The van der Waals surface area contributed by atoms with Gasteiger partial charge in [0.05, 0.1) is 18.4 Å². The number of anilines is 1. The van der Waals surface area contributed by atoms with E-state index in [1.54, 1.807) is 43.5 Å². The molecule has 2 aromatic carbocycles. The van der Waals surface area contributed by atoms with Crippen molar-refractivity contribution in [2.75, 3.05) is 12.4 Å². The minimum atomic E-state index is -0.257. The molecular formula is C22H26N2O3. The Morgan fingerprint density at radius 2 is 1.56 bits per heavy atom. The molecule has 2 amide bonds. The fourth-order valence-electron chi connectivity index (χ4n) is 3.41. The molecule has 1 fully saturated rings. The van der Waals surface area contributed by atoms with E-state index in [0.29, 0.717) is 22.6 Å². The number of benzene rings is 2. The molecular weight excluding hydrogens is 340 g/mol. The van der Waals surface area contributed by atoms with Crippen molar-refractivity contribution in [1.82, 2.24) is 5.32 Å². The van der Waals surface area contributed by atoms with Gasteiger partial charge in [-0.15, -0.1) is 0 Å². The minimum Gasteiger partial charge on any atom is -0.497 e. The predicted octanol–water partition coefficient (Wildman–Crippen LogP) is 4.40. The standard InChI is InChI=1S/C22H26N2O3/c1-27-18-14-12-16(13-15-18)21(25)24-20-11-7-6-10-19(20)22(26)23-17-8-4-2-3-5-9-17/h6-7,10-15,17H,2-5,8-9H2,1H3,(H,23,26)(H,24,25). The Bertz CT molecular complexity index is 778. The monoisotopic (exact) mass is 366 g/mol. The molecule has 0 unspecified atom stereocenters. The third-order valence-corrected chi connectivity index (χ3v) is 4.96. The molecule has 1 aliphatic carbocycles. The van der Waals surface area contributed by atoms with Crippen molar-refractivity contribution in [3.63, 3.8) is 0 Å². The van der Waals surface area contributed by atoms with Crippen LogP contribution in [0.15, 0.2) is 48.5 Å². The molecule has 0 bridgehead atoms. The number of hydrogen-bond donors (Lipinski definition) is 2. The largest absolute Gasteiger partial charge is 0.497 e. The van der Waals surface area contributed by atoms with Gasteiger partial charge in [0, 0.05) is 11.6 Å². The van der Waals surface area contributed by atoms with Gasteiger partial charge in [0.2, 0.25) is 0 Å². The zero-order chi connectivity index (χ0) is 19.1. The van der Waals surface area contributed by atoms with Crippen LogP contribution in [0, 0.1) is 0 Å². The Morgan fingerprint density at radius 3 is 2.22 bits per heavy atom. The van der Waals surface area contributed by atoms with Gasteiger partial charge in [0.15, 0.2) is 0 Å². The summed E-state index contributed by atoms with van der Waals surface area (Å²) in [5.74, 6) is 0.301. The maximum atomic E-state index is 12.8. The zero-order valence-electron chi connectivity index (χ0n) is 15.7. The Morgan fingerprint density at radius 1 is 0.889 bits per heavy atom. The molecule has 3 rings (SSSR count). The van der Waals surface area contributed by atoms with Gasteiger partial charge in [-0.3, -0.25) is 9.59 Å². The van der Waals surface area contributed by atoms with Crippen molar-refractivity contribution >= 4 is 17.5 Å². The fourth-order valence-corrected chi connectivity index (χ4v) is 3.41. The number of carbonyl (C=O) groups excluding carboxylic acids is 2. The lowest BCUT2D eigenvalue weighted by atomic mass is 10.1. The van der Waals surface area contributed by atoms with Crippen LogP contribution < -0.4 is 15.4 Å². The maximum Gasteiger partial charge on any atom is 0.255 e. The first-order valence-corrected chi connectivity index (χ1v) is 9.52. The number of nitrogens with one attached hydrogen (secondary N) is 2. The van der Waals surface area contributed by atoms with Crippen LogP contribution in [0.3, 0.4) is 0 Å². The highest BCUT2D eigenvalue weighted by atomic mass is 16.5. The lowest BCUT2D eigenvalue weighted by Crippen LogP contribution is -2.35. The molecule has 2 aromatic rings. The smallest absolute Gasteiger partial charge is 0.255 e. The molecule has 0 radical (unpaired) electrons. The second-order valence-corrected chi connectivity index (χ2v) is 6.89. The van der Waals surface area contributed by atoms with E-state index in [0.717, 1.165) is 25.7 Å². The lowest BCUT2D eigenvalue weighted by molar-refractivity contribution is 0.0934. The molecule has 0 saturated heterocycles. The Balaban J connectivity index is 1.70. The highest BCUT2D eigenvalue weighted by Gasteiger charge is 2.18. The predicted molar refractivity (Wildman–Crippen MR) is 106 cm³/mol. The molecule has 1 saturated carbocycles. The third-order valence-electron chi connectivity index (χ3n) is 4.96. The van der Waals surface area contributed by atoms with E-state index in [-0.39, 0.29) is 17.9 Å². The molecule has 0 aliphatic heterocycles. The first-order valence-electron chi connectivity index (χ1n) is 9.52. The minimum absolute atomic E-state index is 0.132. The SMILES string of the molecule is COc1ccc(C(=O)Nc2ccccc2C(=O)NC2CCCCCC2)cc1. The van der Waals surface area contributed by atoms with Gasteiger partial charge < -0.3 is 15.4 Å². The summed E-state index contributed by atoms with van der Waals surface area (Å²) in [5.41, 5.74) is 1.52. The van der Waals surface area contributed by atoms with Crippen LogP contribution in [0.4, 0.5) is 5.69 Å². The number of rotatable bonds is 5. The second-order valence-electron chi connectivity index (χ2n) is 6.89. The van der Waals surface area contributed by atoms with E-state index >= 15 is 0 Å². The summed E-state index contributed by atoms with van der Waals surface area (Å²) in [6.07, 6.45) is 6.82. The van der Waals surface area contributed by atoms with Crippen LogP contribution >= 0.6 is 0 Å². The van der Waals surface area contributed by atoms with Crippen molar-refractivity contribution in [3.05, 3.63) is 59.7 Å². The van der Waals surface area contributed by atoms with Crippen LogP contribution in [0.2, 0.25) is 0 Å². The van der Waals surface area contributed by atoms with Crippen molar-refractivity contribution in [2.24, 2.45) is 0 Å². The van der Waals surface area contributed by atoms with Gasteiger partial charge in [-0.1, -0.05) is 37.8 Å². The fraction of sp³-hybridized carbons (Fsp3) is 0.364.